The van der Waals surface area contributed by atoms with Gasteiger partial charge in [0.15, 0.2) is 6.10 Å². The van der Waals surface area contributed by atoms with Crippen molar-refractivity contribution in [1.29, 1.82) is 0 Å². The van der Waals surface area contributed by atoms with Gasteiger partial charge in [0.1, 0.15) is 9.84 Å². The first-order valence-corrected chi connectivity index (χ1v) is 8.41. The van der Waals surface area contributed by atoms with E-state index < -0.39 is 27.9 Å². The average Bonchev–Trinajstić information content (AvgIpc) is 2.80. The lowest BCUT2D eigenvalue weighted by molar-refractivity contribution is -0.149. The Bertz CT molecular complexity index is 450. The summed E-state index contributed by atoms with van der Waals surface area (Å²) in [5.41, 5.74) is 0. The van der Waals surface area contributed by atoms with E-state index in [0.29, 0.717) is 19.3 Å². The Morgan fingerprint density at radius 1 is 1.30 bits per heavy atom. The highest BCUT2D eigenvalue weighted by molar-refractivity contribution is 7.90. The summed E-state index contributed by atoms with van der Waals surface area (Å²) in [6.45, 7) is 0.504. The van der Waals surface area contributed by atoms with Gasteiger partial charge in [0, 0.05) is 19.3 Å². The van der Waals surface area contributed by atoms with Crippen LogP contribution in [0.2, 0.25) is 0 Å². The molecular formula is C11H20N2O6S. The van der Waals surface area contributed by atoms with E-state index in [1.807, 2.05) is 0 Å². The predicted molar refractivity (Wildman–Crippen MR) is 71.3 cm³/mol. The number of carboxylic acid groups (broad SMARTS) is 1. The Balaban J connectivity index is 2.10. The maximum absolute atomic E-state index is 11.4. The second-order valence-corrected chi connectivity index (χ2v) is 7.04. The summed E-state index contributed by atoms with van der Waals surface area (Å²) in [5.74, 6) is -0.961. The standard InChI is InChI=1S/C11H20N2O6S/c1-20(17,18)6-2-5-12-11(16)13-7-8-3-4-9(19-8)10(14)15/h8-9H,2-7H2,1H3,(H,14,15)(H2,12,13,16). The van der Waals surface area contributed by atoms with Crippen LogP contribution >= 0.6 is 0 Å². The van der Waals surface area contributed by atoms with Gasteiger partial charge >= 0.3 is 12.0 Å². The fraction of sp³-hybridized carbons (Fsp3) is 0.818. The smallest absolute Gasteiger partial charge is 0.332 e. The number of urea groups is 1. The predicted octanol–water partition coefficient (Wildman–Crippen LogP) is -0.647. The minimum Gasteiger partial charge on any atom is -0.479 e. The zero-order valence-corrected chi connectivity index (χ0v) is 12.1. The summed E-state index contributed by atoms with van der Waals surface area (Å²) in [6.07, 6.45) is 1.44. The summed E-state index contributed by atoms with van der Waals surface area (Å²) in [4.78, 5) is 22.1. The molecule has 0 saturated carbocycles. The molecule has 1 aliphatic rings. The van der Waals surface area contributed by atoms with Gasteiger partial charge in [-0.2, -0.15) is 0 Å². The molecule has 0 radical (unpaired) electrons. The maximum atomic E-state index is 11.4. The molecule has 1 saturated heterocycles. The quantitative estimate of drug-likeness (QED) is 0.537. The van der Waals surface area contributed by atoms with E-state index in [4.69, 9.17) is 9.84 Å². The second kappa shape index (κ2) is 7.44. The molecule has 116 valence electrons. The molecule has 3 N–H and O–H groups in total. The molecule has 0 aliphatic carbocycles. The fourth-order valence-corrected chi connectivity index (χ4v) is 2.51. The van der Waals surface area contributed by atoms with E-state index >= 15 is 0 Å². The number of hydrogen-bond acceptors (Lipinski definition) is 5. The lowest BCUT2D eigenvalue weighted by Gasteiger charge is -2.12. The van der Waals surface area contributed by atoms with Gasteiger partial charge in [0.05, 0.1) is 11.9 Å². The normalized spacial score (nSPS) is 22.4. The molecule has 1 aliphatic heterocycles. The number of carbonyl (C=O) groups excluding carboxylic acids is 1. The molecule has 20 heavy (non-hydrogen) atoms. The number of ether oxygens (including phenoxy) is 1. The summed E-state index contributed by atoms with van der Waals surface area (Å²) in [5, 5.41) is 13.8. The molecular weight excluding hydrogens is 288 g/mol. The molecule has 0 aromatic rings. The lowest BCUT2D eigenvalue weighted by Crippen LogP contribution is -2.40. The van der Waals surface area contributed by atoms with E-state index in [1.54, 1.807) is 0 Å². The molecule has 2 unspecified atom stereocenters. The van der Waals surface area contributed by atoms with Crippen molar-refractivity contribution in [2.24, 2.45) is 0 Å². The van der Waals surface area contributed by atoms with Crippen molar-refractivity contribution in [3.8, 4) is 0 Å². The topological polar surface area (TPSA) is 122 Å². The van der Waals surface area contributed by atoms with Crippen LogP contribution in [-0.2, 0) is 19.4 Å². The minimum absolute atomic E-state index is 0.0271. The number of sulfone groups is 1. The van der Waals surface area contributed by atoms with Crippen molar-refractivity contribution in [2.75, 3.05) is 25.1 Å². The Kier molecular flexibility index (Phi) is 6.21. The number of carboxylic acids is 1. The number of rotatable bonds is 7. The van der Waals surface area contributed by atoms with Crippen molar-refractivity contribution < 1.29 is 27.9 Å². The molecule has 0 spiro atoms. The summed E-state index contributed by atoms with van der Waals surface area (Å²) in [7, 11) is -3.01. The first kappa shape index (κ1) is 16.7. The number of carbonyl (C=O) groups is 2. The molecule has 1 fully saturated rings. The highest BCUT2D eigenvalue weighted by atomic mass is 32.2. The van der Waals surface area contributed by atoms with Crippen LogP contribution in [0.3, 0.4) is 0 Å². The molecule has 2 atom stereocenters. The Labute approximate surface area is 117 Å². The maximum Gasteiger partial charge on any atom is 0.332 e. The minimum atomic E-state index is -3.01. The van der Waals surface area contributed by atoms with Gasteiger partial charge in [-0.15, -0.1) is 0 Å². The number of nitrogens with one attached hydrogen (secondary N) is 2. The molecule has 1 rings (SSSR count). The Hall–Kier alpha value is -1.35. The molecule has 0 aromatic heterocycles. The summed E-state index contributed by atoms with van der Waals surface area (Å²) >= 11 is 0. The van der Waals surface area contributed by atoms with Gasteiger partial charge < -0.3 is 20.5 Å². The number of hydrogen-bond donors (Lipinski definition) is 3. The first-order chi connectivity index (χ1) is 9.28. The zero-order chi connectivity index (χ0) is 15.2. The van der Waals surface area contributed by atoms with Crippen molar-refractivity contribution in [3.63, 3.8) is 0 Å². The average molecular weight is 308 g/mol. The third-order valence-corrected chi connectivity index (χ3v) is 3.88. The summed E-state index contributed by atoms with van der Waals surface area (Å²) < 4.78 is 27.0. The molecule has 1 heterocycles. The van der Waals surface area contributed by atoms with Gasteiger partial charge in [0.25, 0.3) is 0 Å². The van der Waals surface area contributed by atoms with Crippen LogP contribution in [0.15, 0.2) is 0 Å². The third-order valence-electron chi connectivity index (χ3n) is 2.85. The van der Waals surface area contributed by atoms with Crippen LogP contribution in [0.1, 0.15) is 19.3 Å². The van der Waals surface area contributed by atoms with E-state index in [9.17, 15) is 18.0 Å². The number of aliphatic carboxylic acids is 1. The Morgan fingerprint density at radius 2 is 2.00 bits per heavy atom. The zero-order valence-electron chi connectivity index (χ0n) is 11.3. The van der Waals surface area contributed by atoms with Gasteiger partial charge in [-0.05, 0) is 19.3 Å². The monoisotopic (exact) mass is 308 g/mol. The van der Waals surface area contributed by atoms with Crippen LogP contribution in [0.4, 0.5) is 4.79 Å². The van der Waals surface area contributed by atoms with Crippen LogP contribution in [0.25, 0.3) is 0 Å². The molecule has 9 heteroatoms. The second-order valence-electron chi connectivity index (χ2n) is 4.78. The highest BCUT2D eigenvalue weighted by Gasteiger charge is 2.30. The van der Waals surface area contributed by atoms with Crippen molar-refractivity contribution in [3.05, 3.63) is 0 Å². The van der Waals surface area contributed by atoms with Crippen LogP contribution in [-0.4, -0.2) is 62.8 Å². The lowest BCUT2D eigenvalue weighted by atomic mass is 10.2. The van der Waals surface area contributed by atoms with Gasteiger partial charge in [-0.1, -0.05) is 0 Å². The van der Waals surface area contributed by atoms with E-state index in [0.717, 1.165) is 6.26 Å². The van der Waals surface area contributed by atoms with Crippen LogP contribution in [0.5, 0.6) is 0 Å². The highest BCUT2D eigenvalue weighted by Crippen LogP contribution is 2.18. The van der Waals surface area contributed by atoms with Crippen molar-refractivity contribution >= 4 is 21.8 Å². The third kappa shape index (κ3) is 6.71. The molecule has 0 bridgehead atoms. The molecule has 2 amide bonds. The van der Waals surface area contributed by atoms with Crippen molar-refractivity contribution in [2.45, 2.75) is 31.5 Å². The molecule has 0 aromatic carbocycles. The molecule has 8 nitrogen and oxygen atoms in total. The van der Waals surface area contributed by atoms with Gasteiger partial charge in [-0.3, -0.25) is 0 Å². The SMILES string of the molecule is CS(=O)(=O)CCCNC(=O)NCC1CCC(C(=O)O)O1. The van der Waals surface area contributed by atoms with Crippen LogP contribution in [0, 0.1) is 0 Å². The first-order valence-electron chi connectivity index (χ1n) is 6.35. The Morgan fingerprint density at radius 3 is 2.55 bits per heavy atom. The number of amides is 2. The van der Waals surface area contributed by atoms with E-state index in [2.05, 4.69) is 10.6 Å². The van der Waals surface area contributed by atoms with E-state index in [-0.39, 0.29) is 24.9 Å². The van der Waals surface area contributed by atoms with Gasteiger partial charge in [0.2, 0.25) is 0 Å². The van der Waals surface area contributed by atoms with Crippen molar-refractivity contribution in [1.82, 2.24) is 10.6 Å². The fourth-order valence-electron chi connectivity index (χ4n) is 1.84. The summed E-state index contributed by atoms with van der Waals surface area (Å²) in [6, 6.07) is -0.416. The largest absolute Gasteiger partial charge is 0.479 e. The van der Waals surface area contributed by atoms with E-state index in [1.165, 1.54) is 0 Å². The van der Waals surface area contributed by atoms with Gasteiger partial charge in [-0.25, -0.2) is 18.0 Å². The van der Waals surface area contributed by atoms with Crippen LogP contribution < -0.4 is 10.6 Å².